The highest BCUT2D eigenvalue weighted by atomic mass is 32.2. The first-order chi connectivity index (χ1) is 8.91. The molecule has 1 aromatic carbocycles. The molecule has 5 heteroatoms. The number of hydrogen-bond donors (Lipinski definition) is 2. The summed E-state index contributed by atoms with van der Waals surface area (Å²) in [5, 5.41) is 3.21. The summed E-state index contributed by atoms with van der Waals surface area (Å²) in [4.78, 5) is 0. The average molecular weight is 284 g/mol. The standard InChI is InChI=1S/C14H24N2O2S/c1-12(2)15-10-7-11-19(17,18)16-13(3)14-8-5-4-6-9-14/h4-6,8-9,12-13,15-16H,7,10-11H2,1-3H3. The summed E-state index contributed by atoms with van der Waals surface area (Å²) < 4.78 is 26.5. The second-order valence-electron chi connectivity index (χ2n) is 5.03. The van der Waals surface area contributed by atoms with Crippen LogP contribution in [0.15, 0.2) is 30.3 Å². The third-order valence-electron chi connectivity index (χ3n) is 2.80. The fraction of sp³-hybridized carbons (Fsp3) is 0.571. The van der Waals surface area contributed by atoms with E-state index in [0.717, 1.165) is 12.1 Å². The monoisotopic (exact) mass is 284 g/mol. The van der Waals surface area contributed by atoms with Crippen LogP contribution in [0.1, 0.15) is 38.8 Å². The molecule has 4 nitrogen and oxygen atoms in total. The fourth-order valence-corrected chi connectivity index (χ4v) is 3.11. The van der Waals surface area contributed by atoms with E-state index < -0.39 is 10.0 Å². The van der Waals surface area contributed by atoms with Crippen molar-refractivity contribution >= 4 is 10.0 Å². The third kappa shape index (κ3) is 6.71. The van der Waals surface area contributed by atoms with Crippen LogP contribution in [-0.4, -0.2) is 26.8 Å². The van der Waals surface area contributed by atoms with Gasteiger partial charge >= 0.3 is 0 Å². The highest BCUT2D eigenvalue weighted by Gasteiger charge is 2.15. The van der Waals surface area contributed by atoms with Crippen molar-refractivity contribution in [1.29, 1.82) is 0 Å². The Balaban J connectivity index is 2.42. The van der Waals surface area contributed by atoms with Gasteiger partial charge in [0, 0.05) is 12.1 Å². The molecule has 1 rings (SSSR count). The Morgan fingerprint density at radius 2 is 1.74 bits per heavy atom. The molecule has 0 aliphatic carbocycles. The Kier molecular flexibility index (Phi) is 6.48. The van der Waals surface area contributed by atoms with Crippen molar-refractivity contribution in [2.75, 3.05) is 12.3 Å². The van der Waals surface area contributed by atoms with Crippen molar-refractivity contribution in [2.24, 2.45) is 0 Å². The molecular formula is C14H24N2O2S. The van der Waals surface area contributed by atoms with Gasteiger partial charge in [0.15, 0.2) is 0 Å². The van der Waals surface area contributed by atoms with Gasteiger partial charge < -0.3 is 5.32 Å². The van der Waals surface area contributed by atoms with E-state index in [4.69, 9.17) is 0 Å². The molecule has 0 fully saturated rings. The van der Waals surface area contributed by atoms with Gasteiger partial charge in [0.25, 0.3) is 0 Å². The molecule has 0 saturated heterocycles. The zero-order chi connectivity index (χ0) is 14.3. The number of rotatable bonds is 8. The molecule has 0 bridgehead atoms. The lowest BCUT2D eigenvalue weighted by atomic mass is 10.1. The molecule has 0 radical (unpaired) electrons. The van der Waals surface area contributed by atoms with Gasteiger partial charge in [-0.1, -0.05) is 44.2 Å². The van der Waals surface area contributed by atoms with Gasteiger partial charge in [-0.05, 0) is 25.5 Å². The zero-order valence-electron chi connectivity index (χ0n) is 11.9. The van der Waals surface area contributed by atoms with Gasteiger partial charge in [-0.25, -0.2) is 13.1 Å². The van der Waals surface area contributed by atoms with Crippen LogP contribution in [0.2, 0.25) is 0 Å². The first-order valence-electron chi connectivity index (χ1n) is 6.69. The summed E-state index contributed by atoms with van der Waals surface area (Å²) in [7, 11) is -3.22. The molecule has 1 unspecified atom stereocenters. The minimum Gasteiger partial charge on any atom is -0.314 e. The van der Waals surface area contributed by atoms with Crippen LogP contribution in [0.25, 0.3) is 0 Å². The van der Waals surface area contributed by atoms with Crippen LogP contribution in [0.4, 0.5) is 0 Å². The molecule has 0 saturated carbocycles. The van der Waals surface area contributed by atoms with Crippen LogP contribution < -0.4 is 10.0 Å². The van der Waals surface area contributed by atoms with E-state index in [9.17, 15) is 8.42 Å². The number of sulfonamides is 1. The maximum absolute atomic E-state index is 11.9. The summed E-state index contributed by atoms with van der Waals surface area (Å²) in [5.74, 6) is 0.157. The van der Waals surface area contributed by atoms with Crippen LogP contribution in [0.5, 0.6) is 0 Å². The Hall–Kier alpha value is -0.910. The molecule has 19 heavy (non-hydrogen) atoms. The molecule has 2 N–H and O–H groups in total. The van der Waals surface area contributed by atoms with Crippen molar-refractivity contribution in [2.45, 2.75) is 39.3 Å². The summed E-state index contributed by atoms with van der Waals surface area (Å²) in [6.45, 7) is 6.67. The first kappa shape index (κ1) is 16.1. The van der Waals surface area contributed by atoms with E-state index in [1.807, 2.05) is 51.1 Å². The first-order valence-corrected chi connectivity index (χ1v) is 8.34. The fourth-order valence-electron chi connectivity index (χ4n) is 1.79. The minimum atomic E-state index is -3.22. The molecular weight excluding hydrogens is 260 g/mol. The Bertz CT molecular complexity index is 458. The van der Waals surface area contributed by atoms with Gasteiger partial charge in [0.1, 0.15) is 0 Å². The predicted octanol–water partition coefficient (Wildman–Crippen LogP) is 2.06. The van der Waals surface area contributed by atoms with Gasteiger partial charge in [0.05, 0.1) is 5.75 Å². The number of hydrogen-bond acceptors (Lipinski definition) is 3. The Morgan fingerprint density at radius 1 is 1.11 bits per heavy atom. The van der Waals surface area contributed by atoms with E-state index in [1.165, 1.54) is 0 Å². The quantitative estimate of drug-likeness (QED) is 0.718. The van der Waals surface area contributed by atoms with Gasteiger partial charge in [-0.15, -0.1) is 0 Å². The molecule has 108 valence electrons. The van der Waals surface area contributed by atoms with E-state index in [-0.39, 0.29) is 11.8 Å². The van der Waals surface area contributed by atoms with Crippen LogP contribution in [-0.2, 0) is 10.0 Å². The van der Waals surface area contributed by atoms with Gasteiger partial charge in [-0.2, -0.15) is 0 Å². The molecule has 0 spiro atoms. The van der Waals surface area contributed by atoms with Crippen molar-refractivity contribution in [3.8, 4) is 0 Å². The topological polar surface area (TPSA) is 58.2 Å². The Labute approximate surface area is 116 Å². The van der Waals surface area contributed by atoms with E-state index >= 15 is 0 Å². The second-order valence-corrected chi connectivity index (χ2v) is 6.90. The lowest BCUT2D eigenvalue weighted by Crippen LogP contribution is -2.31. The SMILES string of the molecule is CC(C)NCCCS(=O)(=O)NC(C)c1ccccc1. The molecule has 0 amide bonds. The van der Waals surface area contributed by atoms with Crippen molar-refractivity contribution in [3.63, 3.8) is 0 Å². The molecule has 0 aromatic heterocycles. The smallest absolute Gasteiger partial charge is 0.212 e. The lowest BCUT2D eigenvalue weighted by molar-refractivity contribution is 0.552. The molecule has 0 aliphatic rings. The second kappa shape index (κ2) is 7.62. The van der Waals surface area contributed by atoms with Crippen LogP contribution >= 0.6 is 0 Å². The molecule has 1 atom stereocenters. The van der Waals surface area contributed by atoms with E-state index in [0.29, 0.717) is 12.5 Å². The largest absolute Gasteiger partial charge is 0.314 e. The lowest BCUT2D eigenvalue weighted by Gasteiger charge is -2.15. The maximum Gasteiger partial charge on any atom is 0.212 e. The number of benzene rings is 1. The summed E-state index contributed by atoms with van der Waals surface area (Å²) >= 11 is 0. The Morgan fingerprint density at radius 3 is 2.32 bits per heavy atom. The van der Waals surface area contributed by atoms with Crippen molar-refractivity contribution in [1.82, 2.24) is 10.0 Å². The van der Waals surface area contributed by atoms with Crippen LogP contribution in [0, 0.1) is 0 Å². The zero-order valence-corrected chi connectivity index (χ0v) is 12.7. The van der Waals surface area contributed by atoms with Crippen molar-refractivity contribution < 1.29 is 8.42 Å². The normalized spacial score (nSPS) is 13.7. The summed E-state index contributed by atoms with van der Waals surface area (Å²) in [6.07, 6.45) is 0.620. The average Bonchev–Trinajstić information content (AvgIpc) is 2.35. The maximum atomic E-state index is 11.9. The summed E-state index contributed by atoms with van der Waals surface area (Å²) in [5.41, 5.74) is 0.978. The van der Waals surface area contributed by atoms with E-state index in [2.05, 4.69) is 10.0 Å². The molecule has 0 aliphatic heterocycles. The van der Waals surface area contributed by atoms with Gasteiger partial charge in [-0.3, -0.25) is 0 Å². The third-order valence-corrected chi connectivity index (χ3v) is 4.34. The molecule has 1 aromatic rings. The van der Waals surface area contributed by atoms with Crippen LogP contribution in [0.3, 0.4) is 0 Å². The predicted molar refractivity (Wildman–Crippen MR) is 79.5 cm³/mol. The minimum absolute atomic E-state index is 0.157. The molecule has 0 heterocycles. The number of nitrogens with one attached hydrogen (secondary N) is 2. The summed E-state index contributed by atoms with van der Waals surface area (Å²) in [6, 6.07) is 9.78. The van der Waals surface area contributed by atoms with E-state index in [1.54, 1.807) is 0 Å². The van der Waals surface area contributed by atoms with Crippen molar-refractivity contribution in [3.05, 3.63) is 35.9 Å². The van der Waals surface area contributed by atoms with Gasteiger partial charge in [0.2, 0.25) is 10.0 Å². The highest BCUT2D eigenvalue weighted by molar-refractivity contribution is 7.89. The highest BCUT2D eigenvalue weighted by Crippen LogP contribution is 2.12.